The van der Waals surface area contributed by atoms with Crippen LogP contribution in [0.1, 0.15) is 5.69 Å². The van der Waals surface area contributed by atoms with Crippen LogP contribution in [-0.4, -0.2) is 17.9 Å². The summed E-state index contributed by atoms with van der Waals surface area (Å²) in [6.45, 7) is 0. The average Bonchev–Trinajstić information content (AvgIpc) is 2.43. The molecular weight excluding hydrogens is 390 g/mol. The third kappa shape index (κ3) is 3.29. The number of nitrogens with two attached hydrogens (primary N) is 1. The van der Waals surface area contributed by atoms with Crippen LogP contribution in [0.25, 0.3) is 0 Å². The van der Waals surface area contributed by atoms with E-state index >= 15 is 0 Å². The van der Waals surface area contributed by atoms with Gasteiger partial charge in [0.1, 0.15) is 28.8 Å². The molecule has 20 heavy (non-hydrogen) atoms. The second kappa shape index (κ2) is 6.23. The lowest BCUT2D eigenvalue weighted by molar-refractivity contribution is 0.409. The van der Waals surface area contributed by atoms with Gasteiger partial charge in [0, 0.05) is 0 Å². The lowest BCUT2D eigenvalue weighted by atomic mass is 10.3. The molecule has 7 heteroatoms. The summed E-state index contributed by atoms with van der Waals surface area (Å²) in [6.07, 6.45) is 1.52. The van der Waals surface area contributed by atoms with Gasteiger partial charge in [-0.25, -0.2) is 4.98 Å². The molecule has 0 aliphatic carbocycles. The molecule has 0 amide bonds. The van der Waals surface area contributed by atoms with E-state index in [1.807, 2.05) is 0 Å². The van der Waals surface area contributed by atoms with Crippen LogP contribution in [0.2, 0.25) is 0 Å². The number of amidine groups is 1. The van der Waals surface area contributed by atoms with Crippen molar-refractivity contribution >= 4 is 37.7 Å². The van der Waals surface area contributed by atoms with E-state index in [0.29, 0.717) is 22.9 Å². The minimum absolute atomic E-state index is 0.0788. The summed E-state index contributed by atoms with van der Waals surface area (Å²) >= 11 is 6.82. The molecular formula is C13H11Br2N3O2. The fourth-order valence-electron chi connectivity index (χ4n) is 1.47. The summed E-state index contributed by atoms with van der Waals surface area (Å²) in [5.74, 6) is 1.79. The smallest absolute Gasteiger partial charge is 0.145 e. The molecule has 0 atom stereocenters. The van der Waals surface area contributed by atoms with Gasteiger partial charge < -0.3 is 15.2 Å². The molecule has 2 aromatic rings. The third-order valence-electron chi connectivity index (χ3n) is 2.45. The Morgan fingerprint density at radius 3 is 2.40 bits per heavy atom. The highest BCUT2D eigenvalue weighted by Crippen LogP contribution is 2.37. The number of nitrogens with one attached hydrogen (secondary N) is 1. The van der Waals surface area contributed by atoms with Crippen molar-refractivity contribution in [2.24, 2.45) is 5.73 Å². The van der Waals surface area contributed by atoms with Crippen molar-refractivity contribution in [1.29, 1.82) is 5.41 Å². The van der Waals surface area contributed by atoms with E-state index < -0.39 is 0 Å². The average molecular weight is 401 g/mol. The standard InChI is InChI=1S/C13H11Br2N3O2/c1-19-11-4-9(15)12(5-8(11)14)20-7-2-3-10(13(16)17)18-6-7/h2-6H,1H3,(H3,16,17). The Morgan fingerprint density at radius 2 is 1.85 bits per heavy atom. The highest BCUT2D eigenvalue weighted by atomic mass is 79.9. The van der Waals surface area contributed by atoms with Gasteiger partial charge in [-0.2, -0.15) is 0 Å². The number of hydrogen-bond donors (Lipinski definition) is 2. The zero-order valence-corrected chi connectivity index (χ0v) is 13.7. The van der Waals surface area contributed by atoms with Crippen LogP contribution in [0, 0.1) is 5.41 Å². The fraction of sp³-hybridized carbons (Fsp3) is 0.0769. The quantitative estimate of drug-likeness (QED) is 0.605. The van der Waals surface area contributed by atoms with Gasteiger partial charge in [0.05, 0.1) is 22.3 Å². The summed E-state index contributed by atoms with van der Waals surface area (Å²) in [4.78, 5) is 4.03. The third-order valence-corrected chi connectivity index (χ3v) is 3.69. The molecule has 0 aliphatic rings. The number of hydrogen-bond acceptors (Lipinski definition) is 4. The van der Waals surface area contributed by atoms with Crippen molar-refractivity contribution in [3.05, 3.63) is 45.1 Å². The summed E-state index contributed by atoms with van der Waals surface area (Å²) in [5.41, 5.74) is 5.75. The van der Waals surface area contributed by atoms with E-state index in [9.17, 15) is 0 Å². The Bertz CT molecular complexity index is 645. The summed E-state index contributed by atoms with van der Waals surface area (Å²) in [7, 11) is 1.59. The SMILES string of the molecule is COc1cc(Br)c(Oc2ccc(C(=N)N)nc2)cc1Br. The maximum Gasteiger partial charge on any atom is 0.145 e. The normalized spacial score (nSPS) is 10.2. The predicted octanol–water partition coefficient (Wildman–Crippen LogP) is 3.69. The van der Waals surface area contributed by atoms with Crippen LogP contribution in [0.15, 0.2) is 39.4 Å². The Labute approximate surface area is 132 Å². The Hall–Kier alpha value is -1.60. The molecule has 1 aromatic carbocycles. The first-order chi connectivity index (χ1) is 9.51. The molecule has 0 aliphatic heterocycles. The minimum atomic E-state index is -0.0788. The number of nitrogen functional groups attached to an aromatic ring is 1. The molecule has 2 rings (SSSR count). The van der Waals surface area contributed by atoms with Crippen LogP contribution in [0.3, 0.4) is 0 Å². The van der Waals surface area contributed by atoms with Gasteiger partial charge in [-0.15, -0.1) is 0 Å². The first kappa shape index (κ1) is 14.8. The number of rotatable bonds is 4. The zero-order chi connectivity index (χ0) is 14.7. The van der Waals surface area contributed by atoms with Gasteiger partial charge in [0.2, 0.25) is 0 Å². The Balaban J connectivity index is 2.25. The van der Waals surface area contributed by atoms with E-state index in [1.54, 1.807) is 31.4 Å². The van der Waals surface area contributed by atoms with Gasteiger partial charge >= 0.3 is 0 Å². The van der Waals surface area contributed by atoms with Crippen molar-refractivity contribution < 1.29 is 9.47 Å². The molecule has 3 N–H and O–H groups in total. The lowest BCUT2D eigenvalue weighted by Crippen LogP contribution is -2.12. The number of pyridine rings is 1. The number of benzene rings is 1. The Morgan fingerprint density at radius 1 is 1.20 bits per heavy atom. The molecule has 0 unspecified atom stereocenters. The molecule has 0 saturated carbocycles. The highest BCUT2D eigenvalue weighted by molar-refractivity contribution is 9.11. The van der Waals surface area contributed by atoms with Crippen molar-refractivity contribution in [1.82, 2.24) is 4.98 Å². The van der Waals surface area contributed by atoms with E-state index in [0.717, 1.165) is 8.95 Å². The maximum atomic E-state index is 7.28. The molecule has 1 heterocycles. The number of methoxy groups -OCH3 is 1. The molecule has 1 aromatic heterocycles. The largest absolute Gasteiger partial charge is 0.496 e. The predicted molar refractivity (Wildman–Crippen MR) is 83.7 cm³/mol. The van der Waals surface area contributed by atoms with Gasteiger partial charge in [-0.1, -0.05) is 0 Å². The molecule has 0 fully saturated rings. The maximum absolute atomic E-state index is 7.28. The van der Waals surface area contributed by atoms with Crippen LogP contribution in [0.4, 0.5) is 0 Å². The van der Waals surface area contributed by atoms with Crippen molar-refractivity contribution in [3.63, 3.8) is 0 Å². The lowest BCUT2D eigenvalue weighted by Gasteiger charge is -2.11. The fourth-order valence-corrected chi connectivity index (χ4v) is 2.36. The van der Waals surface area contributed by atoms with Crippen LogP contribution < -0.4 is 15.2 Å². The second-order valence-corrected chi connectivity index (χ2v) is 5.52. The molecule has 0 bridgehead atoms. The van der Waals surface area contributed by atoms with Gasteiger partial charge in [0.25, 0.3) is 0 Å². The van der Waals surface area contributed by atoms with Crippen molar-refractivity contribution in [2.75, 3.05) is 7.11 Å². The molecule has 104 valence electrons. The topological polar surface area (TPSA) is 81.2 Å². The monoisotopic (exact) mass is 399 g/mol. The van der Waals surface area contributed by atoms with E-state index in [-0.39, 0.29) is 5.84 Å². The number of halogens is 2. The van der Waals surface area contributed by atoms with Crippen LogP contribution >= 0.6 is 31.9 Å². The summed E-state index contributed by atoms with van der Waals surface area (Å²) in [6, 6.07) is 6.93. The molecule has 5 nitrogen and oxygen atoms in total. The summed E-state index contributed by atoms with van der Waals surface area (Å²) in [5, 5.41) is 7.28. The van der Waals surface area contributed by atoms with Crippen LogP contribution in [0.5, 0.6) is 17.2 Å². The first-order valence-corrected chi connectivity index (χ1v) is 7.11. The second-order valence-electron chi connectivity index (χ2n) is 3.81. The van der Waals surface area contributed by atoms with E-state index in [1.165, 1.54) is 6.20 Å². The zero-order valence-electron chi connectivity index (χ0n) is 10.5. The molecule has 0 saturated heterocycles. The highest BCUT2D eigenvalue weighted by Gasteiger charge is 2.09. The molecule has 0 spiro atoms. The first-order valence-electron chi connectivity index (χ1n) is 5.52. The van der Waals surface area contributed by atoms with Crippen LogP contribution in [-0.2, 0) is 0 Å². The molecule has 0 radical (unpaired) electrons. The van der Waals surface area contributed by atoms with Gasteiger partial charge in [-0.3, -0.25) is 5.41 Å². The number of aromatic nitrogens is 1. The van der Waals surface area contributed by atoms with Crippen molar-refractivity contribution in [2.45, 2.75) is 0 Å². The van der Waals surface area contributed by atoms with Gasteiger partial charge in [0.15, 0.2) is 0 Å². The van der Waals surface area contributed by atoms with E-state index in [2.05, 4.69) is 36.8 Å². The number of ether oxygens (including phenoxy) is 2. The van der Waals surface area contributed by atoms with Gasteiger partial charge in [-0.05, 0) is 56.1 Å². The Kier molecular flexibility index (Phi) is 4.61. The number of nitrogens with zero attached hydrogens (tertiary/aromatic N) is 1. The van der Waals surface area contributed by atoms with Crippen molar-refractivity contribution in [3.8, 4) is 17.2 Å². The minimum Gasteiger partial charge on any atom is -0.496 e. The summed E-state index contributed by atoms with van der Waals surface area (Å²) < 4.78 is 12.5. The van der Waals surface area contributed by atoms with E-state index in [4.69, 9.17) is 20.6 Å².